The molecule has 0 fully saturated rings. The third-order valence-electron chi connectivity index (χ3n) is 10.4. The zero-order chi connectivity index (χ0) is 59.4. The highest BCUT2D eigenvalue weighted by Gasteiger charge is 2.09. The molecule has 0 aliphatic heterocycles. The van der Waals surface area contributed by atoms with Gasteiger partial charge in [0.25, 0.3) is 0 Å². The number of halogens is 2. The lowest BCUT2D eigenvalue weighted by atomic mass is 10.0. The Balaban J connectivity index is -0.000000257. The fraction of sp³-hybridized carbons (Fsp3) is 0.415. The zero-order valence-corrected chi connectivity index (χ0v) is 54.8. The molecule has 11 heteroatoms. The van der Waals surface area contributed by atoms with Crippen LogP contribution in [0.15, 0.2) is 181 Å². The first-order chi connectivity index (χ1) is 36.1. The van der Waals surface area contributed by atoms with Gasteiger partial charge in [-0.1, -0.05) is 264 Å². The van der Waals surface area contributed by atoms with Crippen LogP contribution >= 0.6 is 46.1 Å². The van der Waals surface area contributed by atoms with Crippen LogP contribution in [-0.2, 0) is 15.6 Å². The molecule has 0 saturated carbocycles. The van der Waals surface area contributed by atoms with Gasteiger partial charge in [0.1, 0.15) is 14.3 Å². The van der Waals surface area contributed by atoms with E-state index in [1.807, 2.05) is 132 Å². The lowest BCUT2D eigenvalue weighted by Crippen LogP contribution is -2.11. The van der Waals surface area contributed by atoms with Crippen molar-refractivity contribution >= 4 is 68.9 Å². The highest BCUT2D eigenvalue weighted by Crippen LogP contribution is 2.35. The summed E-state index contributed by atoms with van der Waals surface area (Å²) in [5.41, 5.74) is 32.1. The summed E-state index contributed by atoms with van der Waals surface area (Å²) in [7, 11) is -4.08. The molecule has 0 saturated heterocycles. The molecule has 0 aliphatic carbocycles. The molecule has 0 bridgehead atoms. The van der Waals surface area contributed by atoms with Crippen LogP contribution in [0.5, 0.6) is 0 Å². The second-order valence-corrected chi connectivity index (χ2v) is 25.6. The maximum atomic E-state index is 11.5. The third-order valence-corrected chi connectivity index (χ3v) is 14.0. The summed E-state index contributed by atoms with van der Waals surface area (Å²) in [5.74, 6) is 4.33. The molecule has 0 radical (unpaired) electrons. The number of benzene rings is 5. The molecule has 5 atom stereocenters. The first kappa shape index (κ1) is 81.1. The SMILES string of the molecule is C=CC(C)CN.C=CC(C)CN.CBr.CC.CC.CC(/C=C/c1ccccc1)CN.CC(CN)CCc1ccccc1.CP(C)(=O)c1ccc(Br)cc1.CP(C)(=O)c1ccccc1.Cc1ccc(/C=C/C(C)CN)cc1. The third kappa shape index (κ3) is 51.1. The van der Waals surface area contributed by atoms with Gasteiger partial charge < -0.3 is 37.8 Å². The van der Waals surface area contributed by atoms with Gasteiger partial charge in [-0.25, -0.2) is 0 Å². The zero-order valence-electron chi connectivity index (χ0n) is 49.8. The Kier molecular flexibility index (Phi) is 58.3. The molecule has 0 aliphatic rings. The van der Waals surface area contributed by atoms with Crippen LogP contribution in [0.25, 0.3) is 12.2 Å². The molecule has 5 aromatic carbocycles. The Morgan fingerprint density at radius 1 is 0.474 bits per heavy atom. The van der Waals surface area contributed by atoms with E-state index < -0.39 is 14.3 Å². The Morgan fingerprint density at radius 3 is 1.11 bits per heavy atom. The average Bonchev–Trinajstić information content (AvgIpc) is 3.46. The fourth-order valence-electron chi connectivity index (χ4n) is 4.90. The average molecular weight is 1210 g/mol. The van der Waals surface area contributed by atoms with Gasteiger partial charge in [0.2, 0.25) is 0 Å². The minimum Gasteiger partial charge on any atom is -0.330 e. The van der Waals surface area contributed by atoms with E-state index in [2.05, 4.69) is 164 Å². The lowest BCUT2D eigenvalue weighted by Gasteiger charge is -2.07. The van der Waals surface area contributed by atoms with Gasteiger partial charge in [0.05, 0.1) is 0 Å². The maximum Gasteiger partial charge on any atom is 0.109 e. The van der Waals surface area contributed by atoms with Gasteiger partial charge in [-0.05, 0) is 143 Å². The summed E-state index contributed by atoms with van der Waals surface area (Å²) < 4.78 is 24.0. The van der Waals surface area contributed by atoms with Crippen molar-refractivity contribution in [3.05, 3.63) is 204 Å². The van der Waals surface area contributed by atoms with Crippen molar-refractivity contribution in [1.29, 1.82) is 0 Å². The van der Waals surface area contributed by atoms with Crippen LogP contribution in [-0.4, -0.2) is 65.2 Å². The van der Waals surface area contributed by atoms with E-state index in [1.165, 1.54) is 28.7 Å². The minimum absolute atomic E-state index is 0.460. The summed E-state index contributed by atoms with van der Waals surface area (Å²) in [6.07, 6.45) is 14.5. The van der Waals surface area contributed by atoms with Gasteiger partial charge in [0.15, 0.2) is 0 Å². The van der Waals surface area contributed by atoms with Crippen molar-refractivity contribution in [3.8, 4) is 0 Å². The van der Waals surface area contributed by atoms with Gasteiger partial charge in [-0.2, -0.15) is 0 Å². The first-order valence-electron chi connectivity index (χ1n) is 26.7. The van der Waals surface area contributed by atoms with Crippen LogP contribution < -0.4 is 39.3 Å². The summed E-state index contributed by atoms with van der Waals surface area (Å²) in [6.45, 7) is 38.4. The second kappa shape index (κ2) is 54.6. The van der Waals surface area contributed by atoms with Gasteiger partial charge in [0, 0.05) is 15.1 Å². The number of rotatable bonds is 16. The number of alkyl halides is 1. The van der Waals surface area contributed by atoms with Crippen LogP contribution in [0.3, 0.4) is 0 Å². The highest BCUT2D eigenvalue weighted by molar-refractivity contribution is 9.10. The van der Waals surface area contributed by atoms with Crippen LogP contribution in [0.2, 0.25) is 0 Å². The Morgan fingerprint density at radius 2 is 0.803 bits per heavy atom. The van der Waals surface area contributed by atoms with E-state index in [0.717, 1.165) is 28.0 Å². The molecule has 0 heterocycles. The van der Waals surface area contributed by atoms with E-state index in [4.69, 9.17) is 28.7 Å². The molecule has 5 aromatic rings. The first-order valence-corrected chi connectivity index (χ1v) is 34.2. The molecule has 7 nitrogen and oxygen atoms in total. The van der Waals surface area contributed by atoms with Crippen LogP contribution in [0.4, 0.5) is 0 Å². The summed E-state index contributed by atoms with van der Waals surface area (Å²) >= 11 is 6.26. The molecule has 10 N–H and O–H groups in total. The van der Waals surface area contributed by atoms with Crippen molar-refractivity contribution in [2.24, 2.45) is 58.3 Å². The van der Waals surface area contributed by atoms with Gasteiger partial charge >= 0.3 is 0 Å². The number of hydrogen-bond donors (Lipinski definition) is 5. The van der Waals surface area contributed by atoms with E-state index in [0.29, 0.717) is 55.8 Å². The van der Waals surface area contributed by atoms with Crippen molar-refractivity contribution < 1.29 is 9.13 Å². The van der Waals surface area contributed by atoms with E-state index in [9.17, 15) is 9.13 Å². The van der Waals surface area contributed by atoms with Crippen LogP contribution in [0.1, 0.15) is 91.0 Å². The molecule has 5 unspecified atom stereocenters. The monoisotopic (exact) mass is 1210 g/mol. The molecule has 0 aromatic heterocycles. The summed E-state index contributed by atoms with van der Waals surface area (Å²) in [6, 6.07) is 46.5. The normalized spacial score (nSPS) is 12.0. The molecule has 0 spiro atoms. The van der Waals surface area contributed by atoms with Crippen molar-refractivity contribution in [2.45, 2.75) is 82.1 Å². The summed E-state index contributed by atoms with van der Waals surface area (Å²) in [5, 5.41) is 1.88. The Bertz CT molecular complexity index is 2170. The molecular formula is C65H107Br2N5O2P2. The summed E-state index contributed by atoms with van der Waals surface area (Å²) in [4.78, 5) is 0. The quantitative estimate of drug-likeness (QED) is 0.0373. The minimum atomic E-state index is -2.06. The smallest absolute Gasteiger partial charge is 0.109 e. The van der Waals surface area contributed by atoms with Crippen LogP contribution in [0, 0.1) is 36.5 Å². The standard InChI is InChI=1S/C12H17N.C11H17N.C11H15N.C8H10BrOP.C8H11OP.2C5H11N.2C2H6.CH3Br/c1-10-3-6-12(7-4-10)8-5-11(2)9-13;2*1-10(9-12)7-8-11-5-3-2-4-6-11;1-11(2,10)8-5-3-7(9)4-6-8;1-10(2,9)8-6-4-3-5-7-8;2*1-3-5(2)4-6;3*1-2/h3-8,11H,9,13H2,1-2H3;2-6,10H,7-9,12H2,1H3;2-8,10H,9,12H2,1H3;3-6H,1-2H3;3-7H,1-2H3;2*3,5H,1,4,6H2,2H3;2*1-2H3;1H3/b8-5+;;8-7+;;;;;;;. The number of hydrogen-bond acceptors (Lipinski definition) is 7. The second-order valence-electron chi connectivity index (χ2n) is 18.2. The maximum absolute atomic E-state index is 11.5. The lowest BCUT2D eigenvalue weighted by molar-refractivity contribution is 0.544. The van der Waals surface area contributed by atoms with E-state index >= 15 is 0 Å². The molecule has 5 rings (SSSR count). The predicted molar refractivity (Wildman–Crippen MR) is 358 cm³/mol. The topological polar surface area (TPSA) is 164 Å². The fourth-order valence-corrected chi connectivity index (χ4v) is 6.93. The largest absolute Gasteiger partial charge is 0.330 e. The molecule has 428 valence electrons. The highest BCUT2D eigenvalue weighted by atomic mass is 79.9. The predicted octanol–water partition coefficient (Wildman–Crippen LogP) is 16.3. The van der Waals surface area contributed by atoms with Crippen molar-refractivity contribution in [3.63, 3.8) is 0 Å². The molecule has 0 amide bonds. The Hall–Kier alpha value is -3.72. The van der Waals surface area contributed by atoms with Gasteiger partial charge in [-0.3, -0.25) is 0 Å². The molecular weight excluding hydrogens is 1100 g/mol. The number of nitrogens with two attached hydrogens (primary N) is 5. The van der Waals surface area contributed by atoms with E-state index in [1.54, 1.807) is 26.7 Å². The number of aryl methyl sites for hydroxylation is 2. The molecule has 76 heavy (non-hydrogen) atoms. The van der Waals surface area contributed by atoms with Crippen molar-refractivity contribution in [2.75, 3.05) is 65.2 Å². The Labute approximate surface area is 484 Å². The van der Waals surface area contributed by atoms with E-state index in [-0.39, 0.29) is 0 Å². The van der Waals surface area contributed by atoms with Gasteiger partial charge in [-0.15, -0.1) is 13.2 Å². The van der Waals surface area contributed by atoms with Crippen molar-refractivity contribution in [1.82, 2.24) is 0 Å².